The zero-order chi connectivity index (χ0) is 16.5. The van der Waals surface area contributed by atoms with Crippen LogP contribution in [-0.4, -0.2) is 30.5 Å². The second kappa shape index (κ2) is 9.15. The molecule has 6 heteroatoms. The van der Waals surface area contributed by atoms with Gasteiger partial charge in [0.05, 0.1) is 7.11 Å². The summed E-state index contributed by atoms with van der Waals surface area (Å²) in [5.41, 5.74) is 0.262. The minimum Gasteiger partial charge on any atom is -0.465 e. The van der Waals surface area contributed by atoms with Gasteiger partial charge in [-0.05, 0) is 40.5 Å². The zero-order valence-corrected chi connectivity index (χ0v) is 13.8. The van der Waals surface area contributed by atoms with Crippen LogP contribution < -0.4 is 5.32 Å². The molecule has 0 aliphatic heterocycles. The third-order valence-corrected chi connectivity index (χ3v) is 2.30. The van der Waals surface area contributed by atoms with E-state index in [1.165, 1.54) is 13.3 Å². The monoisotopic (exact) mass is 298 g/mol. The van der Waals surface area contributed by atoms with Crippen molar-refractivity contribution < 1.29 is 19.1 Å². The third-order valence-electron chi connectivity index (χ3n) is 2.30. The highest BCUT2D eigenvalue weighted by Gasteiger charge is 2.16. The highest BCUT2D eigenvalue weighted by molar-refractivity contribution is 6.36. The van der Waals surface area contributed by atoms with Gasteiger partial charge in [0, 0.05) is 11.9 Å². The predicted molar refractivity (Wildman–Crippen MR) is 82.1 cm³/mol. The van der Waals surface area contributed by atoms with Gasteiger partial charge in [0.25, 0.3) is 0 Å². The molecule has 0 aromatic carbocycles. The normalized spacial score (nSPS) is 12.9. The molecule has 0 aromatic heterocycles. The maximum absolute atomic E-state index is 11.6. The van der Waals surface area contributed by atoms with E-state index in [1.54, 1.807) is 27.7 Å². The molecule has 0 saturated carbocycles. The summed E-state index contributed by atoms with van der Waals surface area (Å²) in [5, 5.41) is 2.55. The SMILES string of the molecule is CCCC/C(=N/C=C(\C)NC(=O)OC(C)(C)C)C(=O)OC. The first-order chi connectivity index (χ1) is 9.69. The predicted octanol–water partition coefficient (Wildman–Crippen LogP) is 3.18. The van der Waals surface area contributed by atoms with Crippen LogP contribution in [0.2, 0.25) is 0 Å². The Balaban J connectivity index is 4.73. The zero-order valence-electron chi connectivity index (χ0n) is 13.8. The highest BCUT2D eigenvalue weighted by Crippen LogP contribution is 2.07. The lowest BCUT2D eigenvalue weighted by Crippen LogP contribution is -2.31. The first-order valence-electron chi connectivity index (χ1n) is 7.01. The van der Waals surface area contributed by atoms with Crippen LogP contribution in [0.15, 0.2) is 16.9 Å². The Hall–Kier alpha value is -1.85. The van der Waals surface area contributed by atoms with Crippen LogP contribution in [0.25, 0.3) is 0 Å². The Bertz CT molecular complexity index is 420. The van der Waals surface area contributed by atoms with Gasteiger partial charge in [-0.2, -0.15) is 0 Å². The fourth-order valence-electron chi connectivity index (χ4n) is 1.35. The lowest BCUT2D eigenvalue weighted by atomic mass is 10.2. The number of nitrogens with one attached hydrogen (secondary N) is 1. The van der Waals surface area contributed by atoms with Crippen LogP contribution in [-0.2, 0) is 14.3 Å². The van der Waals surface area contributed by atoms with Gasteiger partial charge < -0.3 is 9.47 Å². The average molecular weight is 298 g/mol. The standard InChI is InChI=1S/C15H26N2O4/c1-7-8-9-12(13(18)20-6)16-10-11(2)17-14(19)21-15(3,4)5/h10H,7-9H2,1-6H3,(H,17,19)/b11-10+,16-12-. The van der Waals surface area contributed by atoms with E-state index in [2.05, 4.69) is 15.0 Å². The average Bonchev–Trinajstić information content (AvgIpc) is 2.35. The molecule has 0 aliphatic carbocycles. The van der Waals surface area contributed by atoms with Crippen molar-refractivity contribution in [2.24, 2.45) is 4.99 Å². The summed E-state index contributed by atoms with van der Waals surface area (Å²) in [6, 6.07) is 0. The molecular formula is C15H26N2O4. The number of carbonyl (C=O) groups excluding carboxylic acids is 2. The number of nitrogens with zero attached hydrogens (tertiary/aromatic N) is 1. The molecule has 1 amide bonds. The van der Waals surface area contributed by atoms with E-state index in [-0.39, 0.29) is 0 Å². The molecule has 0 heterocycles. The van der Waals surface area contributed by atoms with Gasteiger partial charge in [0.15, 0.2) is 0 Å². The molecule has 0 saturated heterocycles. The van der Waals surface area contributed by atoms with Crippen molar-refractivity contribution in [3.63, 3.8) is 0 Å². The van der Waals surface area contributed by atoms with E-state index >= 15 is 0 Å². The molecule has 120 valence electrons. The number of aliphatic imine (C=N–C) groups is 1. The van der Waals surface area contributed by atoms with Crippen molar-refractivity contribution in [1.82, 2.24) is 5.32 Å². The number of allylic oxidation sites excluding steroid dienone is 1. The Kier molecular flexibility index (Phi) is 8.35. The van der Waals surface area contributed by atoms with Gasteiger partial charge in [0.1, 0.15) is 11.3 Å². The van der Waals surface area contributed by atoms with Gasteiger partial charge in [0.2, 0.25) is 0 Å². The summed E-state index contributed by atoms with van der Waals surface area (Å²) in [4.78, 5) is 27.2. The molecule has 0 radical (unpaired) electrons. The van der Waals surface area contributed by atoms with E-state index < -0.39 is 17.7 Å². The number of esters is 1. The second-order valence-electron chi connectivity index (χ2n) is 5.61. The molecular weight excluding hydrogens is 272 g/mol. The van der Waals surface area contributed by atoms with Crippen molar-refractivity contribution in [2.45, 2.75) is 59.5 Å². The number of ether oxygens (including phenoxy) is 2. The van der Waals surface area contributed by atoms with Crippen molar-refractivity contribution in [3.8, 4) is 0 Å². The molecule has 0 aromatic rings. The van der Waals surface area contributed by atoms with Crippen molar-refractivity contribution in [1.29, 1.82) is 0 Å². The van der Waals surface area contributed by atoms with E-state index in [9.17, 15) is 9.59 Å². The summed E-state index contributed by atoms with van der Waals surface area (Å²) >= 11 is 0. The number of unbranched alkanes of at least 4 members (excludes halogenated alkanes) is 1. The number of hydrogen-bond donors (Lipinski definition) is 1. The van der Waals surface area contributed by atoms with E-state index in [1.807, 2.05) is 6.92 Å². The molecule has 0 unspecified atom stereocenters. The summed E-state index contributed by atoms with van der Waals surface area (Å²) in [5.74, 6) is -0.454. The lowest BCUT2D eigenvalue weighted by Gasteiger charge is -2.19. The molecule has 0 spiro atoms. The topological polar surface area (TPSA) is 77.0 Å². The van der Waals surface area contributed by atoms with Crippen molar-refractivity contribution >= 4 is 17.8 Å². The molecule has 0 aliphatic rings. The quantitative estimate of drug-likeness (QED) is 0.603. The Morgan fingerprint density at radius 3 is 2.38 bits per heavy atom. The number of hydrogen-bond acceptors (Lipinski definition) is 5. The second-order valence-corrected chi connectivity index (χ2v) is 5.61. The minimum atomic E-state index is -0.564. The molecule has 1 N–H and O–H groups in total. The van der Waals surface area contributed by atoms with Crippen LogP contribution in [0.3, 0.4) is 0 Å². The summed E-state index contributed by atoms with van der Waals surface area (Å²) < 4.78 is 9.80. The maximum Gasteiger partial charge on any atom is 0.411 e. The highest BCUT2D eigenvalue weighted by atomic mass is 16.6. The van der Waals surface area contributed by atoms with E-state index in [4.69, 9.17) is 4.74 Å². The van der Waals surface area contributed by atoms with Gasteiger partial charge in [-0.1, -0.05) is 13.3 Å². The maximum atomic E-state index is 11.6. The lowest BCUT2D eigenvalue weighted by molar-refractivity contribution is -0.132. The van der Waals surface area contributed by atoms with Crippen molar-refractivity contribution in [2.75, 3.05) is 7.11 Å². The summed E-state index contributed by atoms with van der Waals surface area (Å²) in [7, 11) is 1.32. The fraction of sp³-hybridized carbons (Fsp3) is 0.667. The molecule has 0 fully saturated rings. The largest absolute Gasteiger partial charge is 0.465 e. The van der Waals surface area contributed by atoms with Gasteiger partial charge in [-0.3, -0.25) is 10.3 Å². The van der Waals surface area contributed by atoms with Crippen LogP contribution in [0, 0.1) is 0 Å². The molecule has 0 bridgehead atoms. The molecule has 0 atom stereocenters. The minimum absolute atomic E-state index is 0.338. The Morgan fingerprint density at radius 2 is 1.90 bits per heavy atom. The number of carbonyl (C=O) groups is 2. The van der Waals surface area contributed by atoms with E-state index in [0.29, 0.717) is 17.8 Å². The van der Waals surface area contributed by atoms with Gasteiger partial charge in [-0.25, -0.2) is 9.59 Å². The number of methoxy groups -OCH3 is 1. The molecule has 6 nitrogen and oxygen atoms in total. The summed E-state index contributed by atoms with van der Waals surface area (Å²) in [6.07, 6.45) is 3.21. The van der Waals surface area contributed by atoms with Crippen molar-refractivity contribution in [3.05, 3.63) is 11.9 Å². The smallest absolute Gasteiger partial charge is 0.411 e. The fourth-order valence-corrected chi connectivity index (χ4v) is 1.35. The van der Waals surface area contributed by atoms with E-state index in [0.717, 1.165) is 12.8 Å². The molecule has 21 heavy (non-hydrogen) atoms. The van der Waals surface area contributed by atoms with Gasteiger partial charge >= 0.3 is 12.1 Å². The Morgan fingerprint density at radius 1 is 1.29 bits per heavy atom. The summed E-state index contributed by atoms with van der Waals surface area (Å²) in [6.45, 7) is 9.04. The van der Waals surface area contributed by atoms with Crippen LogP contribution in [0.4, 0.5) is 4.79 Å². The third kappa shape index (κ3) is 9.65. The first kappa shape index (κ1) is 19.1. The van der Waals surface area contributed by atoms with Crippen LogP contribution in [0.5, 0.6) is 0 Å². The Labute approximate surface area is 126 Å². The van der Waals surface area contributed by atoms with Crippen LogP contribution in [0.1, 0.15) is 53.9 Å². The number of amides is 1. The number of alkyl carbamates (subject to hydrolysis) is 1. The molecule has 0 rings (SSSR count). The van der Waals surface area contributed by atoms with Gasteiger partial charge in [-0.15, -0.1) is 0 Å². The first-order valence-corrected chi connectivity index (χ1v) is 7.01. The number of rotatable bonds is 6. The van der Waals surface area contributed by atoms with Crippen LogP contribution >= 0.6 is 0 Å².